The molecule has 2 nitrogen and oxygen atoms in total. The van der Waals surface area contributed by atoms with Crippen molar-refractivity contribution in [1.82, 2.24) is 0 Å². The van der Waals surface area contributed by atoms with Crippen molar-refractivity contribution in [1.29, 1.82) is 5.26 Å². The Balaban J connectivity index is 3.81. The van der Waals surface area contributed by atoms with Gasteiger partial charge < -0.3 is 4.74 Å². The minimum absolute atomic E-state index is 0.295. The first-order chi connectivity index (χ1) is 4.66. The summed E-state index contributed by atoms with van der Waals surface area (Å²) in [6, 6.07) is 0. The summed E-state index contributed by atoms with van der Waals surface area (Å²) in [5.41, 5.74) is 0. The van der Waals surface area contributed by atoms with E-state index in [1.807, 2.05) is 0 Å². The normalized spacial score (nSPS) is 8.80. The van der Waals surface area contributed by atoms with E-state index in [9.17, 15) is 0 Å². The fourth-order valence-corrected chi connectivity index (χ4v) is 0.408. The molecule has 0 saturated carbocycles. The molecular formula is C7H6BrNO. The second kappa shape index (κ2) is 4.83. The predicted molar refractivity (Wildman–Crippen MR) is 43.0 cm³/mol. The minimum Gasteiger partial charge on any atom is -0.389 e. The molecule has 0 aliphatic heterocycles. The molecule has 3 heteroatoms. The second-order valence-corrected chi connectivity index (χ2v) is 2.46. The standard InChI is InChI=1S/C7H6BrNO/c1-6(8)3-4-7(2)10-5-9/h3-4H,1-2H2/b4-3-. The molecule has 0 aromatic heterocycles. The van der Waals surface area contributed by atoms with Crippen LogP contribution in [0.2, 0.25) is 0 Å². The van der Waals surface area contributed by atoms with Crippen LogP contribution in [0.25, 0.3) is 0 Å². The molecule has 0 spiro atoms. The van der Waals surface area contributed by atoms with E-state index in [4.69, 9.17) is 5.26 Å². The summed E-state index contributed by atoms with van der Waals surface area (Å²) >= 11 is 3.09. The maximum atomic E-state index is 8.00. The van der Waals surface area contributed by atoms with Crippen LogP contribution in [0.4, 0.5) is 0 Å². The van der Waals surface area contributed by atoms with Gasteiger partial charge in [-0.2, -0.15) is 0 Å². The molecule has 0 fully saturated rings. The van der Waals surface area contributed by atoms with Crippen molar-refractivity contribution < 1.29 is 4.74 Å². The van der Waals surface area contributed by atoms with Crippen molar-refractivity contribution in [2.45, 2.75) is 0 Å². The SMILES string of the molecule is C=C(Br)/C=C\C(=C)OC#N. The Morgan fingerprint density at radius 1 is 1.50 bits per heavy atom. The third-order valence-electron chi connectivity index (χ3n) is 0.627. The van der Waals surface area contributed by atoms with Gasteiger partial charge in [0.1, 0.15) is 5.76 Å². The average Bonchev–Trinajstić information content (AvgIpc) is 1.85. The maximum absolute atomic E-state index is 8.00. The van der Waals surface area contributed by atoms with E-state index in [1.54, 1.807) is 12.2 Å². The molecule has 0 aliphatic carbocycles. The number of nitrogens with zero attached hydrogens (tertiary/aromatic N) is 1. The molecule has 0 N–H and O–H groups in total. The number of hydrogen-bond donors (Lipinski definition) is 0. The molecule has 0 aliphatic rings. The lowest BCUT2D eigenvalue weighted by molar-refractivity contribution is 0.395. The summed E-state index contributed by atoms with van der Waals surface area (Å²) in [6.07, 6.45) is 4.68. The van der Waals surface area contributed by atoms with Crippen LogP contribution in [-0.4, -0.2) is 0 Å². The fraction of sp³-hybridized carbons (Fsp3) is 0. The van der Waals surface area contributed by atoms with Crippen molar-refractivity contribution in [3.8, 4) is 6.26 Å². The summed E-state index contributed by atoms with van der Waals surface area (Å²) in [5, 5.41) is 8.00. The number of nitriles is 1. The van der Waals surface area contributed by atoms with Crippen LogP contribution in [0.3, 0.4) is 0 Å². The van der Waals surface area contributed by atoms with Gasteiger partial charge in [-0.25, -0.2) is 0 Å². The van der Waals surface area contributed by atoms with Crippen molar-refractivity contribution in [2.24, 2.45) is 0 Å². The van der Waals surface area contributed by atoms with Crippen LogP contribution < -0.4 is 0 Å². The van der Waals surface area contributed by atoms with Gasteiger partial charge >= 0.3 is 0 Å². The minimum atomic E-state index is 0.295. The summed E-state index contributed by atoms with van der Waals surface area (Å²) in [7, 11) is 0. The Bertz CT molecular complexity index is 212. The lowest BCUT2D eigenvalue weighted by Gasteiger charge is -1.89. The van der Waals surface area contributed by atoms with Gasteiger partial charge in [0.05, 0.1) is 0 Å². The molecule has 0 rings (SSSR count). The quantitative estimate of drug-likeness (QED) is 0.398. The van der Waals surface area contributed by atoms with E-state index in [0.717, 1.165) is 0 Å². The molecule has 0 bridgehead atoms. The van der Waals surface area contributed by atoms with Crippen LogP contribution in [0.5, 0.6) is 0 Å². The summed E-state index contributed by atoms with van der Waals surface area (Å²) < 4.78 is 5.06. The van der Waals surface area contributed by atoms with Crippen LogP contribution in [0, 0.1) is 11.5 Å². The molecule has 0 aromatic carbocycles. The lowest BCUT2D eigenvalue weighted by Crippen LogP contribution is -1.75. The van der Waals surface area contributed by atoms with Gasteiger partial charge in [-0.15, -0.1) is 5.26 Å². The molecule has 0 heterocycles. The number of halogens is 1. The highest BCUT2D eigenvalue weighted by Gasteiger charge is 1.84. The Hall–Kier alpha value is -1.01. The number of ether oxygens (including phenoxy) is 1. The van der Waals surface area contributed by atoms with Gasteiger partial charge in [0, 0.05) is 4.48 Å². The Morgan fingerprint density at radius 3 is 2.50 bits per heavy atom. The highest BCUT2D eigenvalue weighted by molar-refractivity contribution is 9.11. The van der Waals surface area contributed by atoms with Crippen LogP contribution in [0.1, 0.15) is 0 Å². The van der Waals surface area contributed by atoms with Crippen molar-refractivity contribution in [3.63, 3.8) is 0 Å². The van der Waals surface area contributed by atoms with E-state index < -0.39 is 0 Å². The zero-order valence-electron chi connectivity index (χ0n) is 5.30. The molecule has 10 heavy (non-hydrogen) atoms. The topological polar surface area (TPSA) is 33.0 Å². The third-order valence-corrected chi connectivity index (χ3v) is 0.891. The van der Waals surface area contributed by atoms with Crippen LogP contribution in [-0.2, 0) is 4.74 Å². The van der Waals surface area contributed by atoms with Crippen LogP contribution >= 0.6 is 15.9 Å². The monoisotopic (exact) mass is 199 g/mol. The molecule has 0 atom stereocenters. The second-order valence-electron chi connectivity index (χ2n) is 1.44. The maximum Gasteiger partial charge on any atom is 0.292 e. The van der Waals surface area contributed by atoms with E-state index in [-0.39, 0.29) is 0 Å². The van der Waals surface area contributed by atoms with E-state index in [1.165, 1.54) is 6.26 Å². The first kappa shape index (κ1) is 8.99. The van der Waals surface area contributed by atoms with Gasteiger partial charge in [0.15, 0.2) is 0 Å². The molecule has 0 radical (unpaired) electrons. The van der Waals surface area contributed by atoms with Gasteiger partial charge in [-0.3, -0.25) is 0 Å². The first-order valence-electron chi connectivity index (χ1n) is 2.44. The smallest absolute Gasteiger partial charge is 0.292 e. The van der Waals surface area contributed by atoms with Gasteiger partial charge in [0.2, 0.25) is 0 Å². The summed E-state index contributed by atoms with van der Waals surface area (Å²) in [6.45, 7) is 6.96. The number of hydrogen-bond acceptors (Lipinski definition) is 2. The predicted octanol–water partition coefficient (Wildman–Crippen LogP) is 2.46. The molecule has 0 amide bonds. The molecule has 0 aromatic rings. The number of allylic oxidation sites excluding steroid dienone is 3. The third kappa shape index (κ3) is 5.13. The highest BCUT2D eigenvalue weighted by Crippen LogP contribution is 2.04. The molecule has 52 valence electrons. The van der Waals surface area contributed by atoms with E-state index >= 15 is 0 Å². The largest absolute Gasteiger partial charge is 0.389 e. The van der Waals surface area contributed by atoms with E-state index in [0.29, 0.717) is 10.2 Å². The summed E-state index contributed by atoms with van der Waals surface area (Å²) in [4.78, 5) is 0. The summed E-state index contributed by atoms with van der Waals surface area (Å²) in [5.74, 6) is 0.295. The molecule has 0 unspecified atom stereocenters. The average molecular weight is 200 g/mol. The van der Waals surface area contributed by atoms with Crippen molar-refractivity contribution in [2.75, 3.05) is 0 Å². The lowest BCUT2D eigenvalue weighted by atomic mass is 10.4. The van der Waals surface area contributed by atoms with Gasteiger partial charge in [0.25, 0.3) is 6.26 Å². The van der Waals surface area contributed by atoms with E-state index in [2.05, 4.69) is 33.8 Å². The Kier molecular flexibility index (Phi) is 4.34. The fourth-order valence-electron chi connectivity index (χ4n) is 0.276. The molecular weight excluding hydrogens is 194 g/mol. The van der Waals surface area contributed by atoms with Gasteiger partial charge in [-0.05, 0) is 12.2 Å². The first-order valence-corrected chi connectivity index (χ1v) is 3.23. The van der Waals surface area contributed by atoms with Crippen molar-refractivity contribution in [3.05, 3.63) is 35.6 Å². The highest BCUT2D eigenvalue weighted by atomic mass is 79.9. The zero-order valence-corrected chi connectivity index (χ0v) is 6.89. The Morgan fingerprint density at radius 2 is 2.10 bits per heavy atom. The zero-order chi connectivity index (χ0) is 7.98. The Labute approximate surface area is 68.2 Å². The number of rotatable bonds is 3. The van der Waals surface area contributed by atoms with Crippen LogP contribution in [0.15, 0.2) is 35.6 Å². The van der Waals surface area contributed by atoms with Gasteiger partial charge in [-0.1, -0.05) is 29.1 Å². The van der Waals surface area contributed by atoms with Crippen molar-refractivity contribution >= 4 is 15.9 Å². The molecule has 0 saturated heterocycles.